The lowest BCUT2D eigenvalue weighted by atomic mass is 9.96. The smallest absolute Gasteiger partial charge is 0.323 e. The fourth-order valence-electron chi connectivity index (χ4n) is 2.18. The number of aromatic nitrogens is 2. The van der Waals surface area contributed by atoms with Crippen molar-refractivity contribution < 1.29 is 9.53 Å². The van der Waals surface area contributed by atoms with E-state index in [9.17, 15) is 4.79 Å². The number of H-pyrrole nitrogens is 1. The van der Waals surface area contributed by atoms with Crippen molar-refractivity contribution in [3.63, 3.8) is 0 Å². The molecule has 0 fully saturated rings. The standard InChI is InChI=1S/C11H17N3O2/c1-3-4-7-10-8(12-6-13-10)5-9(14-7)11(15)16-2/h6-7,9,14H,3-5H2,1-2H3,(H,12,13)/t7?,9-/m1/s1. The molecule has 2 rings (SSSR count). The number of methoxy groups -OCH3 is 1. The predicted octanol–water partition coefficient (Wildman–Crippen LogP) is 0.938. The van der Waals surface area contributed by atoms with E-state index in [4.69, 9.17) is 4.74 Å². The van der Waals surface area contributed by atoms with Crippen molar-refractivity contribution in [1.82, 2.24) is 15.3 Å². The number of ether oxygens (including phenoxy) is 1. The molecule has 0 saturated carbocycles. The Bertz CT molecular complexity index is 375. The van der Waals surface area contributed by atoms with Gasteiger partial charge in [0.2, 0.25) is 0 Å². The Morgan fingerprint density at radius 1 is 1.69 bits per heavy atom. The zero-order valence-corrected chi connectivity index (χ0v) is 9.62. The lowest BCUT2D eigenvalue weighted by molar-refractivity contribution is -0.143. The molecule has 1 unspecified atom stereocenters. The van der Waals surface area contributed by atoms with Crippen LogP contribution in [-0.4, -0.2) is 29.1 Å². The number of rotatable bonds is 3. The number of esters is 1. The van der Waals surface area contributed by atoms with E-state index in [-0.39, 0.29) is 18.1 Å². The van der Waals surface area contributed by atoms with E-state index in [0.29, 0.717) is 6.42 Å². The SMILES string of the molecule is CCCC1N[C@@H](C(=O)OC)Cc2[nH]cnc21. The van der Waals surface area contributed by atoms with Crippen molar-refractivity contribution >= 4 is 5.97 Å². The van der Waals surface area contributed by atoms with Crippen LogP contribution in [0.4, 0.5) is 0 Å². The Morgan fingerprint density at radius 3 is 3.19 bits per heavy atom. The fourth-order valence-corrected chi connectivity index (χ4v) is 2.18. The van der Waals surface area contributed by atoms with Crippen LogP contribution in [-0.2, 0) is 16.0 Å². The summed E-state index contributed by atoms with van der Waals surface area (Å²) in [5, 5.41) is 3.29. The number of nitrogens with one attached hydrogen (secondary N) is 2. The molecule has 0 amide bonds. The summed E-state index contributed by atoms with van der Waals surface area (Å²) in [6.45, 7) is 2.12. The number of carbonyl (C=O) groups is 1. The molecule has 1 aromatic heterocycles. The van der Waals surface area contributed by atoms with Gasteiger partial charge in [0.25, 0.3) is 0 Å². The quantitative estimate of drug-likeness (QED) is 0.748. The summed E-state index contributed by atoms with van der Waals surface area (Å²) < 4.78 is 4.77. The molecule has 0 aromatic carbocycles. The van der Waals surface area contributed by atoms with Gasteiger partial charge in [0, 0.05) is 12.1 Å². The Morgan fingerprint density at radius 2 is 2.50 bits per heavy atom. The molecule has 0 saturated heterocycles. The Kier molecular flexibility index (Phi) is 3.24. The molecule has 88 valence electrons. The van der Waals surface area contributed by atoms with Crippen LogP contribution in [0.25, 0.3) is 0 Å². The van der Waals surface area contributed by atoms with Crippen molar-refractivity contribution in [2.75, 3.05) is 7.11 Å². The minimum absolute atomic E-state index is 0.157. The largest absolute Gasteiger partial charge is 0.468 e. The first-order valence-corrected chi connectivity index (χ1v) is 5.62. The fraction of sp³-hybridized carbons (Fsp3) is 0.636. The van der Waals surface area contributed by atoms with Crippen LogP contribution in [0.15, 0.2) is 6.33 Å². The van der Waals surface area contributed by atoms with Crippen LogP contribution in [0.2, 0.25) is 0 Å². The first-order chi connectivity index (χ1) is 7.76. The molecular formula is C11H17N3O2. The van der Waals surface area contributed by atoms with Gasteiger partial charge in [-0.25, -0.2) is 4.98 Å². The first kappa shape index (κ1) is 11.1. The Hall–Kier alpha value is -1.36. The third-order valence-electron chi connectivity index (χ3n) is 2.96. The highest BCUT2D eigenvalue weighted by Gasteiger charge is 2.32. The molecule has 1 aliphatic heterocycles. The topological polar surface area (TPSA) is 67.0 Å². The van der Waals surface area contributed by atoms with Gasteiger partial charge in [0.1, 0.15) is 6.04 Å². The minimum Gasteiger partial charge on any atom is -0.468 e. The number of imidazole rings is 1. The lowest BCUT2D eigenvalue weighted by Crippen LogP contribution is -2.45. The van der Waals surface area contributed by atoms with Gasteiger partial charge in [-0.2, -0.15) is 0 Å². The van der Waals surface area contributed by atoms with Gasteiger partial charge in [0.15, 0.2) is 0 Å². The van der Waals surface area contributed by atoms with Crippen LogP contribution >= 0.6 is 0 Å². The van der Waals surface area contributed by atoms with Gasteiger partial charge in [-0.1, -0.05) is 13.3 Å². The molecule has 1 aliphatic rings. The molecule has 2 heterocycles. The van der Waals surface area contributed by atoms with Gasteiger partial charge in [-0.15, -0.1) is 0 Å². The van der Waals surface area contributed by atoms with Gasteiger partial charge >= 0.3 is 5.97 Å². The highest BCUT2D eigenvalue weighted by molar-refractivity contribution is 5.76. The average Bonchev–Trinajstić information content (AvgIpc) is 2.76. The van der Waals surface area contributed by atoms with E-state index in [2.05, 4.69) is 22.2 Å². The number of aromatic amines is 1. The maximum absolute atomic E-state index is 11.5. The van der Waals surface area contributed by atoms with Gasteiger partial charge in [-0.3, -0.25) is 10.1 Å². The number of hydrogen-bond acceptors (Lipinski definition) is 4. The predicted molar refractivity (Wildman–Crippen MR) is 58.9 cm³/mol. The minimum atomic E-state index is -0.255. The Balaban J connectivity index is 2.19. The molecule has 2 N–H and O–H groups in total. The zero-order valence-electron chi connectivity index (χ0n) is 9.62. The third-order valence-corrected chi connectivity index (χ3v) is 2.96. The average molecular weight is 223 g/mol. The van der Waals surface area contributed by atoms with Crippen molar-refractivity contribution in [2.45, 2.75) is 38.3 Å². The number of fused-ring (bicyclic) bond motifs is 1. The maximum atomic E-state index is 11.5. The molecule has 5 heteroatoms. The summed E-state index contributed by atoms with van der Waals surface area (Å²) in [5.41, 5.74) is 2.09. The molecule has 2 atom stereocenters. The van der Waals surface area contributed by atoms with Crippen molar-refractivity contribution in [3.8, 4) is 0 Å². The molecule has 5 nitrogen and oxygen atoms in total. The summed E-state index contributed by atoms with van der Waals surface area (Å²) in [4.78, 5) is 18.9. The molecular weight excluding hydrogens is 206 g/mol. The second-order valence-corrected chi connectivity index (χ2v) is 4.05. The highest BCUT2D eigenvalue weighted by Crippen LogP contribution is 2.26. The van der Waals surface area contributed by atoms with E-state index in [1.165, 1.54) is 7.11 Å². The normalized spacial score (nSPS) is 23.9. The van der Waals surface area contributed by atoms with Crippen molar-refractivity contribution in [1.29, 1.82) is 0 Å². The van der Waals surface area contributed by atoms with Crippen LogP contribution in [0, 0.1) is 0 Å². The number of nitrogens with zero attached hydrogens (tertiary/aromatic N) is 1. The zero-order chi connectivity index (χ0) is 11.5. The number of hydrogen-bond donors (Lipinski definition) is 2. The van der Waals surface area contributed by atoms with E-state index in [1.54, 1.807) is 6.33 Å². The van der Waals surface area contributed by atoms with Crippen LogP contribution in [0.1, 0.15) is 37.2 Å². The molecule has 0 spiro atoms. The highest BCUT2D eigenvalue weighted by atomic mass is 16.5. The molecule has 0 bridgehead atoms. The van der Waals surface area contributed by atoms with Crippen molar-refractivity contribution in [2.24, 2.45) is 0 Å². The first-order valence-electron chi connectivity index (χ1n) is 5.62. The lowest BCUT2D eigenvalue weighted by Gasteiger charge is -2.28. The van der Waals surface area contributed by atoms with Crippen LogP contribution in [0.5, 0.6) is 0 Å². The van der Waals surface area contributed by atoms with Crippen LogP contribution < -0.4 is 5.32 Å². The van der Waals surface area contributed by atoms with E-state index in [0.717, 1.165) is 24.2 Å². The van der Waals surface area contributed by atoms with Gasteiger partial charge < -0.3 is 9.72 Å². The summed E-state index contributed by atoms with van der Waals surface area (Å²) in [6, 6.07) is -0.0985. The molecule has 0 radical (unpaired) electrons. The van der Waals surface area contributed by atoms with Crippen LogP contribution in [0.3, 0.4) is 0 Å². The monoisotopic (exact) mass is 223 g/mol. The Labute approximate surface area is 94.6 Å². The summed E-state index contributed by atoms with van der Waals surface area (Å²) in [6.07, 6.45) is 4.35. The van der Waals surface area contributed by atoms with Crippen molar-refractivity contribution in [3.05, 3.63) is 17.7 Å². The van der Waals surface area contributed by atoms with E-state index in [1.807, 2.05) is 0 Å². The second-order valence-electron chi connectivity index (χ2n) is 4.05. The number of carbonyl (C=O) groups excluding carboxylic acids is 1. The molecule has 16 heavy (non-hydrogen) atoms. The van der Waals surface area contributed by atoms with E-state index < -0.39 is 0 Å². The van der Waals surface area contributed by atoms with Gasteiger partial charge in [-0.05, 0) is 6.42 Å². The molecule has 1 aromatic rings. The summed E-state index contributed by atoms with van der Waals surface area (Å²) >= 11 is 0. The molecule has 0 aliphatic carbocycles. The summed E-state index contributed by atoms with van der Waals surface area (Å²) in [5.74, 6) is -0.207. The second kappa shape index (κ2) is 4.65. The third kappa shape index (κ3) is 1.95. The maximum Gasteiger partial charge on any atom is 0.323 e. The van der Waals surface area contributed by atoms with Gasteiger partial charge in [0.05, 0.1) is 25.2 Å². The van der Waals surface area contributed by atoms with E-state index >= 15 is 0 Å². The summed E-state index contributed by atoms with van der Waals surface area (Å²) in [7, 11) is 1.42.